The fourth-order valence-electron chi connectivity index (χ4n) is 5.04. The van der Waals surface area contributed by atoms with Crippen molar-refractivity contribution in [3.8, 4) is 17.2 Å². The first-order valence-corrected chi connectivity index (χ1v) is 15.8. The van der Waals surface area contributed by atoms with Gasteiger partial charge in [-0.2, -0.15) is 0 Å². The van der Waals surface area contributed by atoms with Gasteiger partial charge in [-0.1, -0.05) is 97.1 Å². The van der Waals surface area contributed by atoms with Crippen molar-refractivity contribution >= 4 is 22.7 Å². The lowest BCUT2D eigenvalue weighted by molar-refractivity contribution is 0.261. The van der Waals surface area contributed by atoms with Crippen molar-refractivity contribution in [3.05, 3.63) is 161 Å². The minimum absolute atomic E-state index is 0.495. The van der Waals surface area contributed by atoms with E-state index in [1.54, 1.807) is 0 Å². The van der Waals surface area contributed by atoms with Crippen LogP contribution < -0.4 is 14.2 Å². The SMILES string of the molecule is CN(C)CCOc1ccc(C(=C(CCCl)c2ccc(OCc3ccccc3)cc2)c2ccc(OCc3ccccc3)cc2)cc1. The molecule has 0 saturated heterocycles. The van der Waals surface area contributed by atoms with Crippen molar-refractivity contribution in [2.75, 3.05) is 33.1 Å². The molecule has 0 heterocycles. The van der Waals surface area contributed by atoms with Crippen LogP contribution in [0.15, 0.2) is 133 Å². The molecule has 0 amide bonds. The van der Waals surface area contributed by atoms with E-state index in [2.05, 4.69) is 65.6 Å². The third-order valence-electron chi connectivity index (χ3n) is 7.44. The highest BCUT2D eigenvalue weighted by molar-refractivity contribution is 6.18. The van der Waals surface area contributed by atoms with E-state index in [0.717, 1.165) is 57.2 Å². The van der Waals surface area contributed by atoms with Crippen molar-refractivity contribution in [3.63, 3.8) is 0 Å². The van der Waals surface area contributed by atoms with Crippen molar-refractivity contribution in [2.45, 2.75) is 19.6 Å². The molecule has 230 valence electrons. The fourth-order valence-corrected chi connectivity index (χ4v) is 5.23. The summed E-state index contributed by atoms with van der Waals surface area (Å²) in [5.41, 5.74) is 7.85. The molecule has 0 saturated carbocycles. The standard InChI is InChI=1S/C40H40ClNO3/c1-42(2)27-28-43-36-21-15-34(16-22-36)40(35-17-23-38(24-18-35)45-30-32-11-7-4-8-12-32)39(25-26-41)33-13-19-37(20-14-33)44-29-31-9-5-3-6-10-31/h3-24H,25-30H2,1-2H3. The number of alkyl halides is 1. The summed E-state index contributed by atoms with van der Waals surface area (Å²) >= 11 is 6.44. The summed E-state index contributed by atoms with van der Waals surface area (Å²) in [7, 11) is 4.09. The van der Waals surface area contributed by atoms with Gasteiger partial charge in [0, 0.05) is 12.4 Å². The van der Waals surface area contributed by atoms with Crippen LogP contribution in [-0.4, -0.2) is 38.0 Å². The summed E-state index contributed by atoms with van der Waals surface area (Å²) in [6.45, 7) is 2.54. The maximum atomic E-state index is 6.44. The summed E-state index contributed by atoms with van der Waals surface area (Å²) in [5, 5.41) is 0. The molecule has 5 aromatic carbocycles. The highest BCUT2D eigenvalue weighted by atomic mass is 35.5. The van der Waals surface area contributed by atoms with Crippen LogP contribution in [-0.2, 0) is 13.2 Å². The van der Waals surface area contributed by atoms with E-state index in [9.17, 15) is 0 Å². The highest BCUT2D eigenvalue weighted by Crippen LogP contribution is 2.36. The molecule has 0 aliphatic heterocycles. The average molecular weight is 618 g/mol. The van der Waals surface area contributed by atoms with Crippen LogP contribution in [0.2, 0.25) is 0 Å². The Kier molecular flexibility index (Phi) is 11.7. The van der Waals surface area contributed by atoms with E-state index >= 15 is 0 Å². The number of benzene rings is 5. The molecule has 0 aromatic heterocycles. The molecule has 5 rings (SSSR count). The summed E-state index contributed by atoms with van der Waals surface area (Å²) in [4.78, 5) is 2.11. The van der Waals surface area contributed by atoms with Crippen LogP contribution in [0.1, 0.15) is 34.2 Å². The van der Waals surface area contributed by atoms with E-state index in [4.69, 9.17) is 25.8 Å². The van der Waals surface area contributed by atoms with E-state index in [-0.39, 0.29) is 0 Å². The zero-order valence-corrected chi connectivity index (χ0v) is 26.8. The molecule has 0 fully saturated rings. The number of likely N-dealkylation sites (N-methyl/N-ethyl adjacent to an activating group) is 1. The first-order valence-electron chi connectivity index (χ1n) is 15.3. The van der Waals surface area contributed by atoms with Crippen LogP contribution in [0.25, 0.3) is 11.1 Å². The number of halogens is 1. The Morgan fingerprint density at radius 3 is 1.38 bits per heavy atom. The Hall–Kier alpha value is -4.51. The molecule has 45 heavy (non-hydrogen) atoms. The minimum Gasteiger partial charge on any atom is -0.492 e. The third kappa shape index (κ3) is 9.49. The van der Waals surface area contributed by atoms with Crippen LogP contribution in [0.3, 0.4) is 0 Å². The molecule has 5 aromatic rings. The third-order valence-corrected chi connectivity index (χ3v) is 7.63. The first-order chi connectivity index (χ1) is 22.1. The lowest BCUT2D eigenvalue weighted by Gasteiger charge is -2.18. The van der Waals surface area contributed by atoms with Crippen molar-refractivity contribution < 1.29 is 14.2 Å². The van der Waals surface area contributed by atoms with Crippen molar-refractivity contribution in [1.82, 2.24) is 4.90 Å². The predicted molar refractivity (Wildman–Crippen MR) is 186 cm³/mol. The topological polar surface area (TPSA) is 30.9 Å². The van der Waals surface area contributed by atoms with Crippen LogP contribution in [0, 0.1) is 0 Å². The number of hydrogen-bond acceptors (Lipinski definition) is 4. The second-order valence-electron chi connectivity index (χ2n) is 11.1. The number of allylic oxidation sites excluding steroid dienone is 1. The summed E-state index contributed by atoms with van der Waals surface area (Å²) in [6, 6.07) is 45.4. The zero-order chi connectivity index (χ0) is 31.3. The normalized spacial score (nSPS) is 11.6. The van der Waals surface area contributed by atoms with Gasteiger partial charge in [-0.25, -0.2) is 0 Å². The van der Waals surface area contributed by atoms with Gasteiger partial charge >= 0.3 is 0 Å². The monoisotopic (exact) mass is 617 g/mol. The van der Waals surface area contributed by atoms with Gasteiger partial charge in [0.1, 0.15) is 37.1 Å². The number of hydrogen-bond donors (Lipinski definition) is 0. The Morgan fingerprint density at radius 1 is 0.533 bits per heavy atom. The number of nitrogens with zero attached hydrogens (tertiary/aromatic N) is 1. The molecule has 0 bridgehead atoms. The minimum atomic E-state index is 0.495. The molecular weight excluding hydrogens is 578 g/mol. The van der Waals surface area contributed by atoms with E-state index in [0.29, 0.717) is 32.1 Å². The number of rotatable bonds is 15. The lowest BCUT2D eigenvalue weighted by Crippen LogP contribution is -2.19. The van der Waals surface area contributed by atoms with E-state index in [1.807, 2.05) is 86.9 Å². The molecule has 4 nitrogen and oxygen atoms in total. The van der Waals surface area contributed by atoms with Crippen molar-refractivity contribution in [2.24, 2.45) is 0 Å². The molecule has 0 aliphatic rings. The highest BCUT2D eigenvalue weighted by Gasteiger charge is 2.15. The quantitative estimate of drug-likeness (QED) is 0.0865. The fraction of sp³-hybridized carbons (Fsp3) is 0.200. The van der Waals surface area contributed by atoms with Gasteiger partial charge in [-0.05, 0) is 95.9 Å². The summed E-state index contributed by atoms with van der Waals surface area (Å²) in [6.07, 6.45) is 0.703. The van der Waals surface area contributed by atoms with Crippen LogP contribution >= 0.6 is 11.6 Å². The van der Waals surface area contributed by atoms with Gasteiger partial charge in [0.25, 0.3) is 0 Å². The molecule has 0 atom stereocenters. The van der Waals surface area contributed by atoms with Gasteiger partial charge in [-0.15, -0.1) is 11.6 Å². The Balaban J connectivity index is 1.44. The molecule has 0 radical (unpaired) electrons. The van der Waals surface area contributed by atoms with E-state index in [1.165, 1.54) is 5.57 Å². The summed E-state index contributed by atoms with van der Waals surface area (Å²) < 4.78 is 18.2. The molecular formula is C40H40ClNO3. The van der Waals surface area contributed by atoms with Crippen molar-refractivity contribution in [1.29, 1.82) is 0 Å². The van der Waals surface area contributed by atoms with Gasteiger partial charge in [-0.3, -0.25) is 0 Å². The Morgan fingerprint density at radius 2 is 0.956 bits per heavy atom. The van der Waals surface area contributed by atoms with Gasteiger partial charge in [0.05, 0.1) is 0 Å². The molecule has 0 N–H and O–H groups in total. The molecule has 0 aliphatic carbocycles. The van der Waals surface area contributed by atoms with Gasteiger partial charge in [0.2, 0.25) is 0 Å². The van der Waals surface area contributed by atoms with E-state index < -0.39 is 0 Å². The summed E-state index contributed by atoms with van der Waals surface area (Å²) in [5.74, 6) is 3.00. The second-order valence-corrected chi connectivity index (χ2v) is 11.4. The lowest BCUT2D eigenvalue weighted by atomic mass is 9.88. The maximum absolute atomic E-state index is 6.44. The number of ether oxygens (including phenoxy) is 3. The largest absolute Gasteiger partial charge is 0.492 e. The Bertz CT molecular complexity index is 1620. The van der Waals surface area contributed by atoms with Crippen LogP contribution in [0.5, 0.6) is 17.2 Å². The maximum Gasteiger partial charge on any atom is 0.119 e. The molecule has 0 unspecified atom stereocenters. The smallest absolute Gasteiger partial charge is 0.119 e. The Labute approximate surface area is 272 Å². The first kappa shape index (κ1) is 31.9. The average Bonchev–Trinajstić information content (AvgIpc) is 3.08. The zero-order valence-electron chi connectivity index (χ0n) is 26.0. The van der Waals surface area contributed by atoms with Gasteiger partial charge < -0.3 is 19.1 Å². The molecule has 0 spiro atoms. The second kappa shape index (κ2) is 16.5. The van der Waals surface area contributed by atoms with Crippen LogP contribution in [0.4, 0.5) is 0 Å². The van der Waals surface area contributed by atoms with Gasteiger partial charge in [0.15, 0.2) is 0 Å². The molecule has 5 heteroatoms. The predicted octanol–water partition coefficient (Wildman–Crippen LogP) is 9.37.